The Kier molecular flexibility index (Phi) is 7.14. The molecular formula is C24H20Cl2N4O5S. The highest BCUT2D eigenvalue weighted by Gasteiger charge is 2.33. The van der Waals surface area contributed by atoms with E-state index in [4.69, 9.17) is 23.2 Å². The van der Waals surface area contributed by atoms with Crippen LogP contribution in [0.25, 0.3) is 16.6 Å². The van der Waals surface area contributed by atoms with Crippen LogP contribution in [0.2, 0.25) is 10.0 Å². The van der Waals surface area contributed by atoms with Crippen molar-refractivity contribution in [3.8, 4) is 5.69 Å². The number of aromatic nitrogens is 2. The quantitative estimate of drug-likeness (QED) is 0.227. The number of sulfonamides is 1. The summed E-state index contributed by atoms with van der Waals surface area (Å²) in [5, 5.41) is 11.9. The Bertz CT molecular complexity index is 1660. The van der Waals surface area contributed by atoms with Crippen molar-refractivity contribution >= 4 is 49.8 Å². The molecule has 0 amide bonds. The molecule has 0 aliphatic rings. The second-order valence-corrected chi connectivity index (χ2v) is 10.8. The monoisotopic (exact) mass is 546 g/mol. The lowest BCUT2D eigenvalue weighted by atomic mass is 10.1. The Hall–Kier alpha value is -3.31. The molecule has 0 aliphatic carbocycles. The number of para-hydroxylation sites is 1. The summed E-state index contributed by atoms with van der Waals surface area (Å²) < 4.78 is 29.5. The van der Waals surface area contributed by atoms with Crippen molar-refractivity contribution in [3.05, 3.63) is 103 Å². The second-order valence-electron chi connectivity index (χ2n) is 7.92. The van der Waals surface area contributed by atoms with Gasteiger partial charge in [0.2, 0.25) is 10.0 Å². The van der Waals surface area contributed by atoms with Crippen molar-refractivity contribution in [1.29, 1.82) is 0 Å². The van der Waals surface area contributed by atoms with E-state index >= 15 is 0 Å². The van der Waals surface area contributed by atoms with E-state index in [1.54, 1.807) is 55.5 Å². The molecule has 1 unspecified atom stereocenters. The third-order valence-corrected chi connectivity index (χ3v) is 8.20. The standard InChI is InChI=1S/C24H20Cl2N4O5S/c1-3-21(28(2)36(34,35)17-11-12-19(26)22(14-17)30(32)33)23-27-20-10-5-4-9-18(20)24(31)29(23)16-8-6-7-15(25)13-16/h4-14,21H,3H2,1-2H3. The molecule has 0 aliphatic heterocycles. The van der Waals surface area contributed by atoms with Gasteiger partial charge in [0.1, 0.15) is 10.8 Å². The maximum absolute atomic E-state index is 13.6. The third-order valence-electron chi connectivity index (χ3n) is 5.78. The summed E-state index contributed by atoms with van der Waals surface area (Å²) in [4.78, 5) is 28.6. The zero-order valence-electron chi connectivity index (χ0n) is 19.1. The number of rotatable bonds is 7. The molecule has 0 radical (unpaired) electrons. The van der Waals surface area contributed by atoms with E-state index in [1.807, 2.05) is 0 Å². The maximum atomic E-state index is 13.6. The Morgan fingerprint density at radius 3 is 2.47 bits per heavy atom. The van der Waals surface area contributed by atoms with E-state index in [2.05, 4.69) is 4.98 Å². The molecule has 0 saturated heterocycles. The summed E-state index contributed by atoms with van der Waals surface area (Å²) in [6, 6.07) is 15.7. The van der Waals surface area contributed by atoms with Crippen molar-refractivity contribution in [2.45, 2.75) is 24.3 Å². The van der Waals surface area contributed by atoms with E-state index < -0.39 is 26.7 Å². The van der Waals surface area contributed by atoms with Crippen LogP contribution in [0.15, 0.2) is 76.4 Å². The fraction of sp³-hybridized carbons (Fsp3) is 0.167. The molecule has 12 heteroatoms. The summed E-state index contributed by atoms with van der Waals surface area (Å²) in [5.41, 5.74) is -0.0857. The maximum Gasteiger partial charge on any atom is 0.289 e. The number of hydrogen-bond donors (Lipinski definition) is 0. The van der Waals surface area contributed by atoms with E-state index in [9.17, 15) is 23.3 Å². The molecule has 4 aromatic rings. The average molecular weight is 547 g/mol. The van der Waals surface area contributed by atoms with E-state index in [1.165, 1.54) is 17.7 Å². The van der Waals surface area contributed by atoms with Gasteiger partial charge >= 0.3 is 0 Å². The van der Waals surface area contributed by atoms with Crippen LogP contribution >= 0.6 is 23.2 Å². The molecule has 1 atom stereocenters. The molecule has 0 bridgehead atoms. The molecule has 0 N–H and O–H groups in total. The van der Waals surface area contributed by atoms with Crippen LogP contribution in [0, 0.1) is 10.1 Å². The first-order valence-corrected chi connectivity index (χ1v) is 13.0. The lowest BCUT2D eigenvalue weighted by Crippen LogP contribution is -2.36. The summed E-state index contributed by atoms with van der Waals surface area (Å²) in [5.74, 6) is 0.179. The van der Waals surface area contributed by atoms with Crippen LogP contribution in [0.4, 0.5) is 5.69 Å². The first-order valence-electron chi connectivity index (χ1n) is 10.8. The summed E-state index contributed by atoms with van der Waals surface area (Å²) in [6.07, 6.45) is 0.247. The van der Waals surface area contributed by atoms with Crippen LogP contribution in [-0.2, 0) is 10.0 Å². The SMILES string of the molecule is CCC(c1nc2ccccc2c(=O)n1-c1cccc(Cl)c1)N(C)S(=O)(=O)c1ccc(Cl)c([N+](=O)[O-])c1. The molecule has 4 rings (SSSR count). The van der Waals surface area contributed by atoms with Crippen molar-refractivity contribution in [3.63, 3.8) is 0 Å². The molecule has 0 spiro atoms. The molecule has 9 nitrogen and oxygen atoms in total. The number of benzene rings is 3. The number of halogens is 2. The Morgan fingerprint density at radius 2 is 1.81 bits per heavy atom. The number of nitrogens with zero attached hydrogens (tertiary/aromatic N) is 4. The molecule has 0 saturated carbocycles. The largest absolute Gasteiger partial charge is 0.289 e. The number of hydrogen-bond acceptors (Lipinski definition) is 6. The van der Waals surface area contributed by atoms with E-state index in [-0.39, 0.29) is 27.7 Å². The van der Waals surface area contributed by atoms with Gasteiger partial charge in [0.05, 0.1) is 32.5 Å². The van der Waals surface area contributed by atoms with Crippen molar-refractivity contribution < 1.29 is 13.3 Å². The topological polar surface area (TPSA) is 115 Å². The fourth-order valence-corrected chi connectivity index (χ4v) is 5.75. The second kappa shape index (κ2) is 9.98. The zero-order chi connectivity index (χ0) is 26.2. The molecule has 3 aromatic carbocycles. The van der Waals surface area contributed by atoms with Crippen LogP contribution in [0.3, 0.4) is 0 Å². The molecule has 1 aromatic heterocycles. The van der Waals surface area contributed by atoms with Crippen LogP contribution in [0.1, 0.15) is 25.2 Å². The predicted molar refractivity (Wildman–Crippen MR) is 138 cm³/mol. The zero-order valence-corrected chi connectivity index (χ0v) is 21.5. The van der Waals surface area contributed by atoms with Gasteiger partial charge in [0.15, 0.2) is 0 Å². The molecule has 186 valence electrons. The summed E-state index contributed by atoms with van der Waals surface area (Å²) in [6.45, 7) is 1.75. The molecule has 36 heavy (non-hydrogen) atoms. The minimum atomic E-state index is -4.26. The van der Waals surface area contributed by atoms with Gasteiger partial charge in [-0.05, 0) is 48.9 Å². The Labute approximate surface area is 216 Å². The predicted octanol–water partition coefficient (Wildman–Crippen LogP) is 5.37. The molecule has 0 fully saturated rings. The Morgan fingerprint density at radius 1 is 1.08 bits per heavy atom. The summed E-state index contributed by atoms with van der Waals surface area (Å²) in [7, 11) is -2.91. The first kappa shape index (κ1) is 25.8. The van der Waals surface area contributed by atoms with Crippen LogP contribution in [-0.4, -0.2) is 34.2 Å². The van der Waals surface area contributed by atoms with Gasteiger partial charge in [-0.3, -0.25) is 19.5 Å². The van der Waals surface area contributed by atoms with Crippen molar-refractivity contribution in [2.24, 2.45) is 0 Å². The van der Waals surface area contributed by atoms with Crippen LogP contribution < -0.4 is 5.56 Å². The number of nitro benzene ring substituents is 1. The average Bonchev–Trinajstić information content (AvgIpc) is 2.84. The lowest BCUT2D eigenvalue weighted by molar-refractivity contribution is -0.384. The first-order chi connectivity index (χ1) is 17.1. The van der Waals surface area contributed by atoms with Gasteiger partial charge in [-0.1, -0.05) is 48.3 Å². The van der Waals surface area contributed by atoms with Gasteiger partial charge in [0, 0.05) is 18.1 Å². The molecule has 1 heterocycles. The molecular weight excluding hydrogens is 527 g/mol. The van der Waals surface area contributed by atoms with Gasteiger partial charge in [-0.25, -0.2) is 13.4 Å². The van der Waals surface area contributed by atoms with Gasteiger partial charge in [-0.15, -0.1) is 0 Å². The number of nitro groups is 1. The fourth-order valence-electron chi connectivity index (χ4n) is 3.97. The normalized spacial score (nSPS) is 12.7. The number of fused-ring (bicyclic) bond motifs is 1. The summed E-state index contributed by atoms with van der Waals surface area (Å²) >= 11 is 12.1. The van der Waals surface area contributed by atoms with Gasteiger partial charge < -0.3 is 0 Å². The van der Waals surface area contributed by atoms with Gasteiger partial charge in [-0.2, -0.15) is 4.31 Å². The third kappa shape index (κ3) is 4.60. The smallest absolute Gasteiger partial charge is 0.268 e. The van der Waals surface area contributed by atoms with Crippen molar-refractivity contribution in [2.75, 3.05) is 7.05 Å². The van der Waals surface area contributed by atoms with E-state index in [0.29, 0.717) is 21.6 Å². The highest BCUT2D eigenvalue weighted by atomic mass is 35.5. The minimum absolute atomic E-state index is 0.179. The van der Waals surface area contributed by atoms with E-state index in [0.717, 1.165) is 16.4 Å². The highest BCUT2D eigenvalue weighted by Crippen LogP contribution is 2.33. The van der Waals surface area contributed by atoms with Crippen LogP contribution in [0.5, 0.6) is 0 Å². The lowest BCUT2D eigenvalue weighted by Gasteiger charge is -2.28. The Balaban J connectivity index is 1.94. The van der Waals surface area contributed by atoms with Gasteiger partial charge in [0.25, 0.3) is 11.2 Å². The minimum Gasteiger partial charge on any atom is -0.268 e. The highest BCUT2D eigenvalue weighted by molar-refractivity contribution is 7.89. The van der Waals surface area contributed by atoms with Crippen molar-refractivity contribution in [1.82, 2.24) is 13.9 Å².